The SMILES string of the molecule is COCCCOc1cccc(C(=O)Nc2cc(OC)ccc2N)c1. The van der Waals surface area contributed by atoms with Crippen LogP contribution in [0.3, 0.4) is 0 Å². The van der Waals surface area contributed by atoms with Gasteiger partial charge >= 0.3 is 0 Å². The fourth-order valence-corrected chi connectivity index (χ4v) is 2.09. The van der Waals surface area contributed by atoms with Gasteiger partial charge in [-0.05, 0) is 30.3 Å². The molecule has 0 spiro atoms. The van der Waals surface area contributed by atoms with Crippen molar-refractivity contribution in [3.05, 3.63) is 48.0 Å². The first-order valence-corrected chi connectivity index (χ1v) is 7.60. The Morgan fingerprint density at radius 2 is 1.92 bits per heavy atom. The molecule has 0 aliphatic carbocycles. The molecule has 2 rings (SSSR count). The lowest BCUT2D eigenvalue weighted by Gasteiger charge is -2.11. The molecule has 0 saturated heterocycles. The van der Waals surface area contributed by atoms with E-state index in [9.17, 15) is 4.79 Å². The quantitative estimate of drug-likeness (QED) is 0.574. The van der Waals surface area contributed by atoms with Crippen LogP contribution in [0.1, 0.15) is 16.8 Å². The lowest BCUT2D eigenvalue weighted by molar-refractivity contribution is 0.102. The summed E-state index contributed by atoms with van der Waals surface area (Å²) in [5, 5.41) is 2.79. The molecule has 0 bridgehead atoms. The topological polar surface area (TPSA) is 82.8 Å². The third-order valence-corrected chi connectivity index (χ3v) is 3.37. The van der Waals surface area contributed by atoms with Crippen molar-refractivity contribution in [2.45, 2.75) is 6.42 Å². The largest absolute Gasteiger partial charge is 0.497 e. The van der Waals surface area contributed by atoms with E-state index in [1.165, 1.54) is 0 Å². The van der Waals surface area contributed by atoms with E-state index in [1.54, 1.807) is 50.6 Å². The molecule has 2 aromatic carbocycles. The van der Waals surface area contributed by atoms with Gasteiger partial charge in [0, 0.05) is 31.8 Å². The smallest absolute Gasteiger partial charge is 0.255 e. The van der Waals surface area contributed by atoms with Gasteiger partial charge in [-0.25, -0.2) is 0 Å². The number of benzene rings is 2. The Balaban J connectivity index is 2.04. The maximum Gasteiger partial charge on any atom is 0.255 e. The maximum absolute atomic E-state index is 12.4. The molecule has 0 radical (unpaired) electrons. The van der Waals surface area contributed by atoms with E-state index in [1.807, 2.05) is 6.07 Å². The number of nitrogens with one attached hydrogen (secondary N) is 1. The number of amides is 1. The number of nitrogen functional groups attached to an aromatic ring is 1. The molecule has 0 aromatic heterocycles. The minimum Gasteiger partial charge on any atom is -0.497 e. The Morgan fingerprint density at radius 3 is 2.67 bits per heavy atom. The van der Waals surface area contributed by atoms with Crippen LogP contribution in [-0.2, 0) is 4.74 Å². The van der Waals surface area contributed by atoms with Crippen LogP contribution in [0.15, 0.2) is 42.5 Å². The first-order chi connectivity index (χ1) is 11.6. The number of carbonyl (C=O) groups excluding carboxylic acids is 1. The fourth-order valence-electron chi connectivity index (χ4n) is 2.09. The average molecular weight is 330 g/mol. The molecule has 0 fully saturated rings. The minimum absolute atomic E-state index is 0.266. The number of anilines is 2. The van der Waals surface area contributed by atoms with Gasteiger partial charge in [-0.2, -0.15) is 0 Å². The van der Waals surface area contributed by atoms with Gasteiger partial charge in [0.1, 0.15) is 11.5 Å². The lowest BCUT2D eigenvalue weighted by Crippen LogP contribution is -2.13. The van der Waals surface area contributed by atoms with E-state index in [2.05, 4.69) is 5.32 Å². The highest BCUT2D eigenvalue weighted by molar-refractivity contribution is 6.06. The van der Waals surface area contributed by atoms with E-state index >= 15 is 0 Å². The molecular weight excluding hydrogens is 308 g/mol. The molecule has 128 valence electrons. The maximum atomic E-state index is 12.4. The van der Waals surface area contributed by atoms with E-state index in [4.69, 9.17) is 19.9 Å². The number of nitrogens with two attached hydrogens (primary N) is 1. The van der Waals surface area contributed by atoms with Crippen molar-refractivity contribution in [3.63, 3.8) is 0 Å². The Kier molecular flexibility index (Phi) is 6.45. The highest BCUT2D eigenvalue weighted by atomic mass is 16.5. The van der Waals surface area contributed by atoms with Gasteiger partial charge < -0.3 is 25.3 Å². The van der Waals surface area contributed by atoms with Crippen molar-refractivity contribution in [1.82, 2.24) is 0 Å². The van der Waals surface area contributed by atoms with Crippen LogP contribution in [0.2, 0.25) is 0 Å². The van der Waals surface area contributed by atoms with E-state index in [0.29, 0.717) is 41.7 Å². The molecule has 6 nitrogen and oxygen atoms in total. The minimum atomic E-state index is -0.266. The predicted octanol–water partition coefficient (Wildman–Crippen LogP) is 2.95. The van der Waals surface area contributed by atoms with Crippen molar-refractivity contribution in [1.29, 1.82) is 0 Å². The summed E-state index contributed by atoms with van der Waals surface area (Å²) < 4.78 is 15.7. The molecular formula is C18H22N2O4. The van der Waals surface area contributed by atoms with Crippen LogP contribution >= 0.6 is 0 Å². The monoisotopic (exact) mass is 330 g/mol. The Hall–Kier alpha value is -2.73. The van der Waals surface area contributed by atoms with Gasteiger partial charge in [-0.15, -0.1) is 0 Å². The molecule has 6 heteroatoms. The van der Waals surface area contributed by atoms with Gasteiger partial charge in [0.25, 0.3) is 5.91 Å². The summed E-state index contributed by atoms with van der Waals surface area (Å²) in [5.74, 6) is 0.990. The Morgan fingerprint density at radius 1 is 1.08 bits per heavy atom. The average Bonchev–Trinajstić information content (AvgIpc) is 2.61. The highest BCUT2D eigenvalue weighted by Crippen LogP contribution is 2.25. The van der Waals surface area contributed by atoms with Crippen LogP contribution < -0.4 is 20.5 Å². The summed E-state index contributed by atoms with van der Waals surface area (Å²) in [6.07, 6.45) is 0.785. The van der Waals surface area contributed by atoms with E-state index < -0.39 is 0 Å². The molecule has 3 N–H and O–H groups in total. The van der Waals surface area contributed by atoms with Gasteiger partial charge in [0.05, 0.1) is 25.1 Å². The highest BCUT2D eigenvalue weighted by Gasteiger charge is 2.10. The first kappa shape index (κ1) is 17.6. The molecule has 1 amide bonds. The van der Waals surface area contributed by atoms with Gasteiger partial charge in [-0.1, -0.05) is 6.07 Å². The molecule has 0 atom stereocenters. The van der Waals surface area contributed by atoms with Crippen LogP contribution in [0.4, 0.5) is 11.4 Å². The summed E-state index contributed by atoms with van der Waals surface area (Å²) in [7, 11) is 3.21. The summed E-state index contributed by atoms with van der Waals surface area (Å²) in [5.41, 5.74) is 7.35. The first-order valence-electron chi connectivity index (χ1n) is 7.60. The van der Waals surface area contributed by atoms with Crippen molar-refractivity contribution in [3.8, 4) is 11.5 Å². The number of rotatable bonds is 8. The number of hydrogen-bond donors (Lipinski definition) is 2. The third kappa shape index (κ3) is 4.89. The number of methoxy groups -OCH3 is 2. The predicted molar refractivity (Wildman–Crippen MR) is 93.8 cm³/mol. The van der Waals surface area contributed by atoms with Gasteiger partial charge in [0.2, 0.25) is 0 Å². The molecule has 0 aliphatic rings. The van der Waals surface area contributed by atoms with Crippen LogP contribution in [0.5, 0.6) is 11.5 Å². The zero-order valence-electron chi connectivity index (χ0n) is 13.9. The van der Waals surface area contributed by atoms with Gasteiger partial charge in [0.15, 0.2) is 0 Å². The van der Waals surface area contributed by atoms with Crippen LogP contribution in [0.25, 0.3) is 0 Å². The zero-order chi connectivity index (χ0) is 17.4. The number of ether oxygens (including phenoxy) is 3. The van der Waals surface area contributed by atoms with E-state index in [-0.39, 0.29) is 5.91 Å². The molecule has 0 aliphatic heterocycles. The molecule has 0 saturated carbocycles. The lowest BCUT2D eigenvalue weighted by atomic mass is 10.2. The van der Waals surface area contributed by atoms with E-state index in [0.717, 1.165) is 6.42 Å². The zero-order valence-corrected chi connectivity index (χ0v) is 13.9. The summed E-state index contributed by atoms with van der Waals surface area (Å²) in [6, 6.07) is 12.1. The molecule has 2 aromatic rings. The van der Waals surface area contributed by atoms with Crippen LogP contribution in [0, 0.1) is 0 Å². The molecule has 0 unspecified atom stereocenters. The van der Waals surface area contributed by atoms with Crippen LogP contribution in [-0.4, -0.2) is 33.3 Å². The molecule has 0 heterocycles. The van der Waals surface area contributed by atoms with Gasteiger partial charge in [-0.3, -0.25) is 4.79 Å². The second-order valence-electron chi connectivity index (χ2n) is 5.13. The Labute approximate surface area is 141 Å². The normalized spacial score (nSPS) is 10.2. The van der Waals surface area contributed by atoms with Crippen molar-refractivity contribution in [2.24, 2.45) is 0 Å². The fraction of sp³-hybridized carbons (Fsp3) is 0.278. The van der Waals surface area contributed by atoms with Crippen molar-refractivity contribution < 1.29 is 19.0 Å². The standard InChI is InChI=1S/C18H22N2O4/c1-22-9-4-10-24-15-6-3-5-13(11-15)18(21)20-17-12-14(23-2)7-8-16(17)19/h3,5-8,11-12H,4,9-10,19H2,1-2H3,(H,20,21). The van der Waals surface area contributed by atoms with Crippen molar-refractivity contribution in [2.75, 3.05) is 38.5 Å². The third-order valence-electron chi connectivity index (χ3n) is 3.37. The molecule has 24 heavy (non-hydrogen) atoms. The summed E-state index contributed by atoms with van der Waals surface area (Å²) in [4.78, 5) is 12.4. The second kappa shape index (κ2) is 8.79. The van der Waals surface area contributed by atoms with Crippen molar-refractivity contribution >= 4 is 17.3 Å². The number of hydrogen-bond acceptors (Lipinski definition) is 5. The number of carbonyl (C=O) groups is 1. The summed E-state index contributed by atoms with van der Waals surface area (Å²) in [6.45, 7) is 1.16. The second-order valence-corrected chi connectivity index (χ2v) is 5.13. The Bertz CT molecular complexity index is 688. The summed E-state index contributed by atoms with van der Waals surface area (Å²) >= 11 is 0.